The van der Waals surface area contributed by atoms with E-state index in [0.717, 1.165) is 44.2 Å². The number of hydrogen-bond acceptors (Lipinski definition) is 11. The molecule has 1 unspecified atom stereocenters. The predicted octanol–water partition coefficient (Wildman–Crippen LogP) is 6.53. The Labute approximate surface area is 386 Å². The van der Waals surface area contributed by atoms with Crippen molar-refractivity contribution in [3.8, 4) is 0 Å². The fourth-order valence-corrected chi connectivity index (χ4v) is 7.82. The third kappa shape index (κ3) is 15.4. The number of hydrogen-bond donors (Lipinski definition) is 3. The molecule has 2 aliphatic heterocycles. The molecule has 3 heterocycles. The highest BCUT2D eigenvalue weighted by Gasteiger charge is 2.32. The molecule has 348 valence electrons. The summed E-state index contributed by atoms with van der Waals surface area (Å²) < 4.78 is 6.91. The molecule has 3 aromatic carbocycles. The Morgan fingerprint density at radius 2 is 1.72 bits per heavy atom. The number of aliphatic hydroxyl groups is 1. The summed E-state index contributed by atoms with van der Waals surface area (Å²) in [5.41, 5.74) is 2.24. The molecule has 2 fully saturated rings. The Bertz CT molecular complexity index is 2350. The standard InChI is InChI=1S/C27H40N6O5.C22H23ClN2O2/c1-26(2,3)38-25(36)32-15-13-31(14-16-32)10-7-23(34)29-20-5-6-21-22(17-20)28-19-33(24(21)35)18-27(37)8-11-30(4)12-9-27;1-16(23)20-11-10-19(14-21(20)24-2)22(27)25-12-6-9-18(15-26)13-17-7-4-3-5-8-17/h5-6,17,19,37H,7-16,18H2,1-4H3,(H,29,34);3-5,7-8,10-11,14-15,18H,1-2,6,9,12-13H2,(H,25,27). The van der Waals surface area contributed by atoms with Crippen LogP contribution < -0.4 is 16.2 Å². The maximum absolute atomic E-state index is 13.0. The van der Waals surface area contributed by atoms with Crippen LogP contribution in [0.1, 0.15) is 74.4 Å². The van der Waals surface area contributed by atoms with Gasteiger partial charge in [-0.2, -0.15) is 0 Å². The summed E-state index contributed by atoms with van der Waals surface area (Å²) in [7, 11) is 2.02. The number of amides is 3. The number of fused-ring (bicyclic) bond motifs is 1. The quantitative estimate of drug-likeness (QED) is 0.0636. The number of anilines is 1. The van der Waals surface area contributed by atoms with E-state index < -0.39 is 11.2 Å². The number of carbonyl (C=O) groups excluding carboxylic acids is 4. The van der Waals surface area contributed by atoms with Gasteiger partial charge in [-0.25, -0.2) is 9.78 Å². The molecule has 0 aliphatic carbocycles. The van der Waals surface area contributed by atoms with Crippen molar-refractivity contribution < 1.29 is 29.0 Å². The number of likely N-dealkylation sites (tertiary alicyclic amines) is 1. The Hall–Kier alpha value is -5.74. The van der Waals surface area contributed by atoms with E-state index >= 15 is 0 Å². The minimum absolute atomic E-state index is 0.0464. The lowest BCUT2D eigenvalue weighted by Crippen LogP contribution is -2.50. The average Bonchev–Trinajstić information content (AvgIpc) is 3.28. The van der Waals surface area contributed by atoms with E-state index in [4.69, 9.17) is 16.3 Å². The molecule has 16 heteroatoms. The van der Waals surface area contributed by atoms with Gasteiger partial charge in [0.15, 0.2) is 0 Å². The van der Waals surface area contributed by atoms with Crippen LogP contribution in [-0.4, -0.2) is 131 Å². The molecule has 3 N–H and O–H groups in total. The highest BCUT2D eigenvalue weighted by molar-refractivity contribution is 6.48. The van der Waals surface area contributed by atoms with Crippen LogP contribution in [0.15, 0.2) is 89.4 Å². The van der Waals surface area contributed by atoms with Crippen molar-refractivity contribution in [2.75, 3.05) is 64.7 Å². The van der Waals surface area contributed by atoms with Crippen LogP contribution in [0.2, 0.25) is 0 Å². The van der Waals surface area contributed by atoms with E-state index in [2.05, 4.69) is 43.7 Å². The van der Waals surface area contributed by atoms with E-state index in [1.54, 1.807) is 41.3 Å². The van der Waals surface area contributed by atoms with Crippen molar-refractivity contribution in [3.05, 3.63) is 107 Å². The summed E-state index contributed by atoms with van der Waals surface area (Å²) in [6, 6.07) is 20.0. The number of aromatic nitrogens is 2. The van der Waals surface area contributed by atoms with E-state index in [9.17, 15) is 29.1 Å². The first-order chi connectivity index (χ1) is 31.0. The molecular formula is C49H63ClN8O7. The molecule has 1 aromatic heterocycles. The van der Waals surface area contributed by atoms with E-state index in [1.165, 1.54) is 10.9 Å². The first kappa shape index (κ1) is 50.3. The second-order valence-corrected chi connectivity index (χ2v) is 18.3. The van der Waals surface area contributed by atoms with Crippen molar-refractivity contribution in [1.82, 2.24) is 29.6 Å². The van der Waals surface area contributed by atoms with Crippen LogP contribution in [0.5, 0.6) is 0 Å². The van der Waals surface area contributed by atoms with Gasteiger partial charge in [-0.15, -0.1) is 0 Å². The van der Waals surface area contributed by atoms with Gasteiger partial charge in [0.25, 0.3) is 11.5 Å². The second kappa shape index (κ2) is 23.4. The fraction of sp³-hybridized carbons (Fsp3) is 0.449. The third-order valence-electron chi connectivity index (χ3n) is 11.5. The minimum Gasteiger partial charge on any atom is -0.444 e. The zero-order chi connectivity index (χ0) is 47.1. The number of piperazine rings is 1. The van der Waals surface area contributed by atoms with Gasteiger partial charge in [-0.05, 0) is 103 Å². The van der Waals surface area contributed by atoms with Gasteiger partial charge in [0.1, 0.15) is 11.9 Å². The van der Waals surface area contributed by atoms with E-state index in [1.807, 2.05) is 58.2 Å². The molecule has 2 aliphatic rings. The normalized spacial score (nSPS) is 15.8. The molecule has 6 rings (SSSR count). The Morgan fingerprint density at radius 3 is 2.37 bits per heavy atom. The van der Waals surface area contributed by atoms with Crippen LogP contribution in [0.25, 0.3) is 15.9 Å². The van der Waals surface area contributed by atoms with Crippen molar-refractivity contribution in [3.63, 3.8) is 0 Å². The molecule has 0 spiro atoms. The zero-order valence-corrected chi connectivity index (χ0v) is 38.8. The highest BCUT2D eigenvalue weighted by atomic mass is 35.5. The number of piperidine rings is 1. The number of ether oxygens (including phenoxy) is 1. The lowest BCUT2D eigenvalue weighted by atomic mass is 9.91. The number of halogens is 1. The minimum atomic E-state index is -0.915. The predicted molar refractivity (Wildman–Crippen MR) is 257 cm³/mol. The maximum Gasteiger partial charge on any atom is 0.410 e. The first-order valence-corrected chi connectivity index (χ1v) is 22.5. The average molecular weight is 912 g/mol. The van der Waals surface area contributed by atoms with Crippen molar-refractivity contribution in [1.29, 1.82) is 0 Å². The summed E-state index contributed by atoms with van der Waals surface area (Å²) in [6.07, 6.45) is 5.87. The van der Waals surface area contributed by atoms with Gasteiger partial charge in [0.05, 0.1) is 35.1 Å². The summed E-state index contributed by atoms with van der Waals surface area (Å²) in [5, 5.41) is 17.5. The molecule has 0 bridgehead atoms. The van der Waals surface area contributed by atoms with Crippen LogP contribution in [0.3, 0.4) is 0 Å². The molecule has 1 atom stereocenters. The third-order valence-corrected chi connectivity index (χ3v) is 11.7. The zero-order valence-electron chi connectivity index (χ0n) is 38.1. The largest absolute Gasteiger partial charge is 0.444 e. The molecule has 0 radical (unpaired) electrons. The lowest BCUT2D eigenvalue weighted by Gasteiger charge is -2.36. The monoisotopic (exact) mass is 910 g/mol. The number of aliphatic imine (C=N–C) groups is 1. The van der Waals surface area contributed by atoms with Crippen molar-refractivity contribution >= 4 is 69.8 Å². The molecule has 4 aromatic rings. The lowest BCUT2D eigenvalue weighted by molar-refractivity contribution is -0.116. The highest BCUT2D eigenvalue weighted by Crippen LogP contribution is 2.29. The molecule has 15 nitrogen and oxygen atoms in total. The number of nitrogens with one attached hydrogen (secondary N) is 2. The van der Waals surface area contributed by atoms with Crippen LogP contribution >= 0.6 is 11.6 Å². The van der Waals surface area contributed by atoms with Gasteiger partial charge in [-0.3, -0.25) is 28.8 Å². The number of aldehydes is 1. The van der Waals surface area contributed by atoms with Gasteiger partial charge >= 0.3 is 6.09 Å². The van der Waals surface area contributed by atoms with Crippen LogP contribution in [0, 0.1) is 5.92 Å². The van der Waals surface area contributed by atoms with Gasteiger partial charge in [0, 0.05) is 86.5 Å². The molecule has 3 amide bonds. The number of carbonyl (C=O) groups is 4. The Kier molecular flexibility index (Phi) is 18.1. The SMILES string of the molecule is C=Nc1cc(C(=O)NCCCC(C=O)Cc2ccccc2)ccc1C(=C)Cl.CN1CCC(O)(Cn2cnc3cc(NC(=O)CCN4CCN(C(=O)OC(C)(C)C)CC4)ccc3c2=O)CC1. The van der Waals surface area contributed by atoms with Crippen LogP contribution in [0.4, 0.5) is 16.2 Å². The first-order valence-electron chi connectivity index (χ1n) is 22.1. The topological polar surface area (TPSA) is 179 Å². The fourth-order valence-electron chi connectivity index (χ4n) is 7.66. The number of benzene rings is 3. The summed E-state index contributed by atoms with van der Waals surface area (Å²) in [5.74, 6) is -0.371. The van der Waals surface area contributed by atoms with Crippen LogP contribution in [-0.2, 0) is 27.3 Å². The Balaban J connectivity index is 0.000000259. The summed E-state index contributed by atoms with van der Waals surface area (Å²) >= 11 is 5.91. The second-order valence-electron chi connectivity index (χ2n) is 17.8. The molecule has 65 heavy (non-hydrogen) atoms. The smallest absolute Gasteiger partial charge is 0.410 e. The number of nitrogens with zero attached hydrogens (tertiary/aromatic N) is 6. The number of rotatable bonds is 16. The maximum atomic E-state index is 13.0. The van der Waals surface area contributed by atoms with Crippen molar-refractivity contribution in [2.45, 2.75) is 77.0 Å². The summed E-state index contributed by atoms with van der Waals surface area (Å²) in [6.45, 7) is 18.1. The van der Waals surface area contributed by atoms with Gasteiger partial charge in [-0.1, -0.05) is 54.6 Å². The summed E-state index contributed by atoms with van der Waals surface area (Å²) in [4.78, 5) is 75.8. The van der Waals surface area contributed by atoms with Crippen molar-refractivity contribution in [2.24, 2.45) is 10.9 Å². The van der Waals surface area contributed by atoms with Gasteiger partial charge < -0.3 is 35.1 Å². The van der Waals surface area contributed by atoms with E-state index in [0.29, 0.717) is 97.0 Å². The Morgan fingerprint density at radius 1 is 1.02 bits per heavy atom. The van der Waals surface area contributed by atoms with E-state index in [-0.39, 0.29) is 35.9 Å². The van der Waals surface area contributed by atoms with Gasteiger partial charge in [0.2, 0.25) is 5.91 Å². The molecule has 0 saturated carbocycles. The molecular weight excluding hydrogens is 848 g/mol. The molecule has 2 saturated heterocycles.